The van der Waals surface area contributed by atoms with Gasteiger partial charge in [-0.1, -0.05) is 61.5 Å². The van der Waals surface area contributed by atoms with E-state index in [1.807, 2.05) is 42.5 Å². The molecule has 0 aliphatic rings. The van der Waals surface area contributed by atoms with Crippen LogP contribution in [0.15, 0.2) is 54.6 Å². The second kappa shape index (κ2) is 6.19. The van der Waals surface area contributed by atoms with Gasteiger partial charge in [0.25, 0.3) is 0 Å². The number of aliphatic carboxylic acids is 1. The molecule has 2 aromatic rings. The average molecular weight is 254 g/mol. The molecule has 2 aromatic carbocycles. The number of hydrogen-bond donors (Lipinski definition) is 1. The maximum absolute atomic E-state index is 11.0. The van der Waals surface area contributed by atoms with Gasteiger partial charge in [0.15, 0.2) is 0 Å². The Balaban J connectivity index is 2.41. The van der Waals surface area contributed by atoms with Crippen LogP contribution >= 0.6 is 0 Å². The normalized spacial score (nSPS) is 12.1. The lowest BCUT2D eigenvalue weighted by molar-refractivity contribution is -0.136. The van der Waals surface area contributed by atoms with E-state index in [0.717, 1.165) is 17.5 Å². The van der Waals surface area contributed by atoms with E-state index in [0.29, 0.717) is 0 Å². The van der Waals surface area contributed by atoms with Gasteiger partial charge in [0, 0.05) is 5.92 Å². The molecule has 1 unspecified atom stereocenters. The van der Waals surface area contributed by atoms with Gasteiger partial charge in [-0.3, -0.25) is 4.79 Å². The van der Waals surface area contributed by atoms with Gasteiger partial charge >= 0.3 is 5.97 Å². The van der Waals surface area contributed by atoms with E-state index >= 15 is 0 Å². The van der Waals surface area contributed by atoms with Crippen molar-refractivity contribution in [3.8, 4) is 0 Å². The van der Waals surface area contributed by atoms with Gasteiger partial charge in [-0.25, -0.2) is 0 Å². The van der Waals surface area contributed by atoms with Crippen molar-refractivity contribution in [1.82, 2.24) is 0 Å². The molecule has 1 atom stereocenters. The lowest BCUT2D eigenvalue weighted by atomic mass is 9.85. The highest BCUT2D eigenvalue weighted by Crippen LogP contribution is 2.30. The van der Waals surface area contributed by atoms with Gasteiger partial charge in [0.05, 0.1) is 6.42 Å². The van der Waals surface area contributed by atoms with Gasteiger partial charge in [-0.15, -0.1) is 0 Å². The Hall–Kier alpha value is -2.09. The van der Waals surface area contributed by atoms with Crippen molar-refractivity contribution in [3.63, 3.8) is 0 Å². The first-order valence-electron chi connectivity index (χ1n) is 6.57. The maximum Gasteiger partial charge on any atom is 0.307 e. The summed E-state index contributed by atoms with van der Waals surface area (Å²) in [7, 11) is 0. The summed E-state index contributed by atoms with van der Waals surface area (Å²) in [6.45, 7) is 2.13. The quantitative estimate of drug-likeness (QED) is 0.879. The molecule has 0 bridgehead atoms. The summed E-state index contributed by atoms with van der Waals surface area (Å²) in [5.74, 6) is -0.521. The zero-order chi connectivity index (χ0) is 13.7. The molecule has 0 heterocycles. The molecule has 0 aliphatic carbocycles. The van der Waals surface area contributed by atoms with Crippen LogP contribution in [-0.2, 0) is 11.2 Å². The molecular weight excluding hydrogens is 236 g/mol. The van der Waals surface area contributed by atoms with Gasteiger partial charge in [-0.05, 0) is 23.1 Å². The van der Waals surface area contributed by atoms with Gasteiger partial charge < -0.3 is 5.11 Å². The van der Waals surface area contributed by atoms with Crippen molar-refractivity contribution in [2.75, 3.05) is 0 Å². The third-order valence-corrected chi connectivity index (χ3v) is 3.38. The number of carboxylic acid groups (broad SMARTS) is 1. The molecular formula is C17H18O2. The lowest BCUT2D eigenvalue weighted by Crippen LogP contribution is -2.08. The number of carbonyl (C=O) groups is 1. The molecule has 0 saturated carbocycles. The van der Waals surface area contributed by atoms with Crippen LogP contribution in [0.1, 0.15) is 36.0 Å². The third kappa shape index (κ3) is 3.22. The van der Waals surface area contributed by atoms with Crippen LogP contribution in [0.25, 0.3) is 0 Å². The smallest absolute Gasteiger partial charge is 0.307 e. The minimum atomic E-state index is -0.782. The predicted octanol–water partition coefficient (Wildman–Crippen LogP) is 3.86. The van der Waals surface area contributed by atoms with E-state index in [1.54, 1.807) is 0 Å². The zero-order valence-corrected chi connectivity index (χ0v) is 11.0. The van der Waals surface area contributed by atoms with Crippen LogP contribution < -0.4 is 0 Å². The molecule has 0 saturated heterocycles. The molecule has 98 valence electrons. The maximum atomic E-state index is 11.0. The Morgan fingerprint density at radius 2 is 1.68 bits per heavy atom. The second-order valence-corrected chi connectivity index (χ2v) is 4.64. The topological polar surface area (TPSA) is 37.3 Å². The molecule has 0 spiro atoms. The Morgan fingerprint density at radius 1 is 1.05 bits per heavy atom. The number of rotatable bonds is 5. The molecule has 0 aliphatic heterocycles. The molecule has 2 rings (SSSR count). The largest absolute Gasteiger partial charge is 0.481 e. The van der Waals surface area contributed by atoms with Crippen LogP contribution in [0.5, 0.6) is 0 Å². The minimum absolute atomic E-state index is 0.0828. The van der Waals surface area contributed by atoms with Crippen LogP contribution in [-0.4, -0.2) is 11.1 Å². The molecule has 1 N–H and O–H groups in total. The van der Waals surface area contributed by atoms with E-state index in [9.17, 15) is 4.79 Å². The van der Waals surface area contributed by atoms with Crippen molar-refractivity contribution in [1.29, 1.82) is 0 Å². The first-order chi connectivity index (χ1) is 9.22. The highest BCUT2D eigenvalue weighted by molar-refractivity contribution is 5.71. The van der Waals surface area contributed by atoms with Crippen molar-refractivity contribution in [2.45, 2.75) is 25.7 Å². The van der Waals surface area contributed by atoms with Crippen molar-refractivity contribution < 1.29 is 9.90 Å². The summed E-state index contributed by atoms with van der Waals surface area (Å²) in [6.07, 6.45) is 1.04. The predicted molar refractivity (Wildman–Crippen MR) is 76.4 cm³/mol. The van der Waals surface area contributed by atoms with E-state index in [1.165, 1.54) is 5.56 Å². The second-order valence-electron chi connectivity index (χ2n) is 4.64. The fourth-order valence-corrected chi connectivity index (χ4v) is 2.52. The van der Waals surface area contributed by atoms with Crippen molar-refractivity contribution >= 4 is 5.97 Å². The van der Waals surface area contributed by atoms with Crippen LogP contribution in [0.3, 0.4) is 0 Å². The lowest BCUT2D eigenvalue weighted by Gasteiger charge is -2.19. The molecule has 0 amide bonds. The summed E-state index contributed by atoms with van der Waals surface area (Å²) in [5.41, 5.74) is 3.27. The summed E-state index contributed by atoms with van der Waals surface area (Å²) < 4.78 is 0. The third-order valence-electron chi connectivity index (χ3n) is 3.38. The summed E-state index contributed by atoms with van der Waals surface area (Å²) in [6, 6.07) is 18.1. The monoisotopic (exact) mass is 254 g/mol. The van der Waals surface area contributed by atoms with Crippen LogP contribution in [0.4, 0.5) is 0 Å². The summed E-state index contributed by atoms with van der Waals surface area (Å²) in [5, 5.41) is 9.02. The van der Waals surface area contributed by atoms with E-state index in [4.69, 9.17) is 5.11 Å². The molecule has 2 nitrogen and oxygen atoms in total. The molecule has 19 heavy (non-hydrogen) atoms. The van der Waals surface area contributed by atoms with Crippen LogP contribution in [0, 0.1) is 0 Å². The van der Waals surface area contributed by atoms with Crippen molar-refractivity contribution in [2.24, 2.45) is 0 Å². The Labute approximate surface area is 113 Å². The average Bonchev–Trinajstić information content (AvgIpc) is 2.42. The zero-order valence-electron chi connectivity index (χ0n) is 11.0. The standard InChI is InChI=1S/C17H18O2/c1-2-15(13-8-4-3-5-9-13)16-11-7-6-10-14(16)12-17(18)19/h3-11,15H,2,12H2,1H3,(H,18,19). The van der Waals surface area contributed by atoms with E-state index in [2.05, 4.69) is 19.1 Å². The minimum Gasteiger partial charge on any atom is -0.481 e. The fourth-order valence-electron chi connectivity index (χ4n) is 2.52. The first kappa shape index (κ1) is 13.3. The Bertz CT molecular complexity index is 546. The first-order valence-corrected chi connectivity index (χ1v) is 6.57. The van der Waals surface area contributed by atoms with E-state index < -0.39 is 5.97 Å². The molecule has 0 aromatic heterocycles. The van der Waals surface area contributed by atoms with Crippen molar-refractivity contribution in [3.05, 3.63) is 71.3 Å². The Kier molecular flexibility index (Phi) is 4.35. The molecule has 2 heteroatoms. The van der Waals surface area contributed by atoms with Crippen LogP contribution in [0.2, 0.25) is 0 Å². The Morgan fingerprint density at radius 3 is 2.32 bits per heavy atom. The summed E-state index contributed by atoms with van der Waals surface area (Å²) >= 11 is 0. The van der Waals surface area contributed by atoms with E-state index in [-0.39, 0.29) is 12.3 Å². The van der Waals surface area contributed by atoms with Gasteiger partial charge in [0.2, 0.25) is 0 Å². The number of benzene rings is 2. The number of carboxylic acids is 1. The SMILES string of the molecule is CCC(c1ccccc1)c1ccccc1CC(=O)O. The molecule has 0 fully saturated rings. The fraction of sp³-hybridized carbons (Fsp3) is 0.235. The highest BCUT2D eigenvalue weighted by atomic mass is 16.4. The number of hydrogen-bond acceptors (Lipinski definition) is 1. The van der Waals surface area contributed by atoms with Gasteiger partial charge in [0.1, 0.15) is 0 Å². The molecule has 0 radical (unpaired) electrons. The highest BCUT2D eigenvalue weighted by Gasteiger charge is 2.16. The van der Waals surface area contributed by atoms with Gasteiger partial charge in [-0.2, -0.15) is 0 Å². The summed E-state index contributed by atoms with van der Waals surface area (Å²) in [4.78, 5) is 11.0.